The molecule has 2 aromatic rings. The summed E-state index contributed by atoms with van der Waals surface area (Å²) in [5, 5.41) is 5.23. The van der Waals surface area contributed by atoms with Gasteiger partial charge < -0.3 is 10.1 Å². The second kappa shape index (κ2) is 8.38. The van der Waals surface area contributed by atoms with Crippen LogP contribution in [-0.2, 0) is 6.42 Å². The maximum Gasteiger partial charge on any atom is 0.323 e. The van der Waals surface area contributed by atoms with E-state index in [4.69, 9.17) is 4.74 Å². The van der Waals surface area contributed by atoms with Gasteiger partial charge in [0.2, 0.25) is 0 Å². The number of urea groups is 1. The molecule has 22 heavy (non-hydrogen) atoms. The highest BCUT2D eigenvalue weighted by Gasteiger charge is 2.02. The van der Waals surface area contributed by atoms with E-state index in [2.05, 4.69) is 38.5 Å². The highest BCUT2D eigenvalue weighted by molar-refractivity contribution is 9.10. The van der Waals surface area contributed by atoms with E-state index in [9.17, 15) is 4.79 Å². The molecule has 1 aromatic carbocycles. The Hall–Kier alpha value is -2.08. The molecule has 2 N–H and O–H groups in total. The molecular formula is C16H18BrN3O2. The molecule has 0 aliphatic rings. The topological polar surface area (TPSA) is 63.2 Å². The number of carbonyl (C=O) groups excluding carboxylic acids is 1. The van der Waals surface area contributed by atoms with Gasteiger partial charge in [0, 0.05) is 10.7 Å². The molecular weight excluding hydrogens is 346 g/mol. The molecule has 0 radical (unpaired) electrons. The van der Waals surface area contributed by atoms with E-state index in [1.807, 2.05) is 24.3 Å². The van der Waals surface area contributed by atoms with Crippen LogP contribution in [0.5, 0.6) is 5.75 Å². The lowest BCUT2D eigenvalue weighted by molar-refractivity contribution is 0.234. The second-order valence-electron chi connectivity index (χ2n) is 4.68. The van der Waals surface area contributed by atoms with Gasteiger partial charge in [0.15, 0.2) is 6.73 Å². The van der Waals surface area contributed by atoms with Gasteiger partial charge in [0.05, 0.1) is 0 Å². The number of nitrogens with zero attached hydrogens (tertiary/aromatic N) is 1. The smallest absolute Gasteiger partial charge is 0.323 e. The summed E-state index contributed by atoms with van der Waals surface area (Å²) in [5.41, 5.74) is 1.28. The standard InChI is InChI=1S/C16H18BrN3O2/c1-2-3-12-4-7-14(8-5-12)22-11-19-16(21)20-15-9-6-13(17)10-18-15/h4-10H,2-3,11H2,1H3,(H2,18,19,20,21). The number of anilines is 1. The first-order chi connectivity index (χ1) is 10.7. The van der Waals surface area contributed by atoms with Gasteiger partial charge >= 0.3 is 6.03 Å². The second-order valence-corrected chi connectivity index (χ2v) is 5.59. The summed E-state index contributed by atoms with van der Waals surface area (Å²) in [6.07, 6.45) is 3.79. The number of halogens is 1. The maximum atomic E-state index is 11.7. The van der Waals surface area contributed by atoms with Crippen molar-refractivity contribution in [3.63, 3.8) is 0 Å². The van der Waals surface area contributed by atoms with Crippen LogP contribution in [0.1, 0.15) is 18.9 Å². The van der Waals surface area contributed by atoms with E-state index in [0.29, 0.717) is 5.82 Å². The monoisotopic (exact) mass is 363 g/mol. The van der Waals surface area contributed by atoms with Crippen molar-refractivity contribution in [3.8, 4) is 5.75 Å². The molecule has 0 aliphatic heterocycles. The fourth-order valence-electron chi connectivity index (χ4n) is 1.84. The Bertz CT molecular complexity index is 600. The molecule has 0 spiro atoms. The first-order valence-electron chi connectivity index (χ1n) is 7.05. The molecule has 116 valence electrons. The first kappa shape index (κ1) is 16.3. The first-order valence-corrected chi connectivity index (χ1v) is 7.85. The van der Waals surface area contributed by atoms with Crippen LogP contribution in [0.2, 0.25) is 0 Å². The number of hydrogen-bond donors (Lipinski definition) is 2. The van der Waals surface area contributed by atoms with Gasteiger partial charge in [-0.05, 0) is 52.2 Å². The van der Waals surface area contributed by atoms with E-state index in [1.54, 1.807) is 18.3 Å². The lowest BCUT2D eigenvalue weighted by Crippen LogP contribution is -2.32. The Morgan fingerprint density at radius 1 is 1.23 bits per heavy atom. The molecule has 0 atom stereocenters. The van der Waals surface area contributed by atoms with Crippen LogP contribution in [0.3, 0.4) is 0 Å². The van der Waals surface area contributed by atoms with Gasteiger partial charge in [-0.15, -0.1) is 0 Å². The summed E-state index contributed by atoms with van der Waals surface area (Å²) in [6, 6.07) is 11.0. The maximum absolute atomic E-state index is 11.7. The van der Waals surface area contributed by atoms with Crippen molar-refractivity contribution in [3.05, 3.63) is 52.6 Å². The van der Waals surface area contributed by atoms with Crippen molar-refractivity contribution in [2.24, 2.45) is 0 Å². The molecule has 6 heteroatoms. The molecule has 5 nitrogen and oxygen atoms in total. The van der Waals surface area contributed by atoms with Crippen LogP contribution >= 0.6 is 15.9 Å². The van der Waals surface area contributed by atoms with Gasteiger partial charge in [0.25, 0.3) is 0 Å². The van der Waals surface area contributed by atoms with E-state index in [0.717, 1.165) is 23.1 Å². The van der Waals surface area contributed by atoms with E-state index in [1.165, 1.54) is 5.56 Å². The highest BCUT2D eigenvalue weighted by Crippen LogP contribution is 2.13. The predicted octanol–water partition coefficient (Wildman–Crippen LogP) is 3.95. The number of aryl methyl sites for hydroxylation is 1. The summed E-state index contributed by atoms with van der Waals surface area (Å²) in [4.78, 5) is 15.7. The number of amides is 2. The average molecular weight is 364 g/mol. The third-order valence-corrected chi connectivity index (χ3v) is 3.37. The van der Waals surface area contributed by atoms with Crippen molar-refractivity contribution in [2.45, 2.75) is 19.8 Å². The van der Waals surface area contributed by atoms with E-state index < -0.39 is 0 Å². The Morgan fingerprint density at radius 3 is 2.64 bits per heavy atom. The van der Waals surface area contributed by atoms with Crippen molar-refractivity contribution in [1.82, 2.24) is 10.3 Å². The lowest BCUT2D eigenvalue weighted by atomic mass is 10.1. The zero-order valence-electron chi connectivity index (χ0n) is 12.3. The van der Waals surface area contributed by atoms with Crippen LogP contribution in [0.4, 0.5) is 10.6 Å². The van der Waals surface area contributed by atoms with E-state index >= 15 is 0 Å². The van der Waals surface area contributed by atoms with Crippen LogP contribution in [0.15, 0.2) is 47.1 Å². The SMILES string of the molecule is CCCc1ccc(OCNC(=O)Nc2ccc(Br)cn2)cc1. The Kier molecular flexibility index (Phi) is 6.21. The fourth-order valence-corrected chi connectivity index (χ4v) is 2.07. The van der Waals surface area contributed by atoms with Gasteiger partial charge in [-0.3, -0.25) is 5.32 Å². The number of aromatic nitrogens is 1. The number of rotatable bonds is 6. The van der Waals surface area contributed by atoms with Gasteiger partial charge in [-0.1, -0.05) is 25.5 Å². The highest BCUT2D eigenvalue weighted by atomic mass is 79.9. The van der Waals surface area contributed by atoms with Crippen LogP contribution in [-0.4, -0.2) is 17.7 Å². The van der Waals surface area contributed by atoms with Crippen molar-refractivity contribution in [2.75, 3.05) is 12.0 Å². The average Bonchev–Trinajstić information content (AvgIpc) is 2.52. The summed E-state index contributed by atoms with van der Waals surface area (Å²) in [5.74, 6) is 1.20. The summed E-state index contributed by atoms with van der Waals surface area (Å²) >= 11 is 3.28. The fraction of sp³-hybridized carbons (Fsp3) is 0.250. The number of nitrogens with one attached hydrogen (secondary N) is 2. The van der Waals surface area contributed by atoms with Crippen LogP contribution in [0, 0.1) is 0 Å². The van der Waals surface area contributed by atoms with Crippen molar-refractivity contribution < 1.29 is 9.53 Å². The summed E-state index contributed by atoms with van der Waals surface area (Å²) < 4.78 is 6.32. The Balaban J connectivity index is 1.73. The Morgan fingerprint density at radius 2 is 2.00 bits per heavy atom. The number of benzene rings is 1. The van der Waals surface area contributed by atoms with Gasteiger partial charge in [-0.2, -0.15) is 0 Å². The lowest BCUT2D eigenvalue weighted by Gasteiger charge is -2.09. The normalized spacial score (nSPS) is 10.1. The van der Waals surface area contributed by atoms with Gasteiger partial charge in [0.1, 0.15) is 11.6 Å². The number of pyridine rings is 1. The third-order valence-electron chi connectivity index (χ3n) is 2.90. The zero-order chi connectivity index (χ0) is 15.8. The molecule has 0 saturated heterocycles. The molecule has 0 bridgehead atoms. The minimum absolute atomic E-state index is 0.0927. The number of carbonyl (C=O) groups is 1. The molecule has 2 rings (SSSR count). The molecule has 0 saturated carbocycles. The molecule has 0 fully saturated rings. The predicted molar refractivity (Wildman–Crippen MR) is 90.0 cm³/mol. The Labute approximate surface area is 138 Å². The summed E-state index contributed by atoms with van der Waals surface area (Å²) in [6.45, 7) is 2.24. The van der Waals surface area contributed by atoms with Crippen molar-refractivity contribution >= 4 is 27.8 Å². The van der Waals surface area contributed by atoms with Crippen LogP contribution in [0.25, 0.3) is 0 Å². The number of ether oxygens (including phenoxy) is 1. The zero-order valence-corrected chi connectivity index (χ0v) is 13.9. The van der Waals surface area contributed by atoms with E-state index in [-0.39, 0.29) is 12.8 Å². The van der Waals surface area contributed by atoms with Crippen molar-refractivity contribution in [1.29, 1.82) is 0 Å². The largest absolute Gasteiger partial charge is 0.473 e. The minimum atomic E-state index is -0.363. The minimum Gasteiger partial charge on any atom is -0.473 e. The molecule has 0 aliphatic carbocycles. The third kappa shape index (κ3) is 5.37. The molecule has 2 amide bonds. The number of hydrogen-bond acceptors (Lipinski definition) is 3. The quantitative estimate of drug-likeness (QED) is 0.763. The molecule has 1 aromatic heterocycles. The summed E-state index contributed by atoms with van der Waals surface area (Å²) in [7, 11) is 0. The molecule has 1 heterocycles. The molecule has 0 unspecified atom stereocenters. The van der Waals surface area contributed by atoms with Gasteiger partial charge in [-0.25, -0.2) is 9.78 Å². The van der Waals surface area contributed by atoms with Crippen LogP contribution < -0.4 is 15.4 Å².